The Bertz CT molecular complexity index is 503. The predicted octanol–water partition coefficient (Wildman–Crippen LogP) is 1.84. The molecule has 5 nitrogen and oxygen atoms in total. The summed E-state index contributed by atoms with van der Waals surface area (Å²) in [6.45, 7) is 2.69. The number of esters is 1. The van der Waals surface area contributed by atoms with Crippen LogP contribution in [-0.4, -0.2) is 32.3 Å². The molecule has 0 aliphatic heterocycles. The molecule has 2 atom stereocenters. The summed E-state index contributed by atoms with van der Waals surface area (Å²) in [4.78, 5) is 11.6. The minimum Gasteiger partial charge on any atom is -0.493 e. The highest BCUT2D eigenvalue weighted by molar-refractivity contribution is 5.86. The molecule has 2 unspecified atom stereocenters. The third-order valence-electron chi connectivity index (χ3n) is 3.62. The molecule has 0 aromatic heterocycles. The van der Waals surface area contributed by atoms with Gasteiger partial charge in [0, 0.05) is 5.92 Å². The van der Waals surface area contributed by atoms with Crippen molar-refractivity contribution in [3.8, 4) is 11.5 Å². The van der Waals surface area contributed by atoms with E-state index in [1.165, 1.54) is 7.11 Å². The Morgan fingerprint density at radius 2 is 2.15 bits per heavy atom. The van der Waals surface area contributed by atoms with Gasteiger partial charge in [-0.05, 0) is 30.5 Å². The molecule has 0 radical (unpaired) electrons. The van der Waals surface area contributed by atoms with Crippen molar-refractivity contribution in [1.29, 1.82) is 0 Å². The van der Waals surface area contributed by atoms with Gasteiger partial charge in [-0.3, -0.25) is 4.79 Å². The van der Waals surface area contributed by atoms with Crippen LogP contribution in [0.15, 0.2) is 18.2 Å². The summed E-state index contributed by atoms with van der Waals surface area (Å²) in [5.74, 6) is 0.978. The molecule has 2 N–H and O–H groups in total. The zero-order valence-corrected chi connectivity index (χ0v) is 12.1. The summed E-state index contributed by atoms with van der Waals surface area (Å²) < 4.78 is 15.7. The first-order chi connectivity index (χ1) is 9.56. The summed E-state index contributed by atoms with van der Waals surface area (Å²) >= 11 is 0. The highest BCUT2D eigenvalue weighted by atomic mass is 16.5. The van der Waals surface area contributed by atoms with E-state index in [1.807, 2.05) is 25.1 Å². The van der Waals surface area contributed by atoms with Crippen molar-refractivity contribution in [2.75, 3.05) is 20.8 Å². The Kier molecular flexibility index (Phi) is 4.18. The largest absolute Gasteiger partial charge is 0.493 e. The first-order valence-corrected chi connectivity index (χ1v) is 6.74. The second-order valence-corrected chi connectivity index (χ2v) is 5.05. The number of carbonyl (C=O) groups is 1. The average Bonchev–Trinajstić information content (AvgIpc) is 3.17. The number of hydrogen-bond acceptors (Lipinski definition) is 5. The summed E-state index contributed by atoms with van der Waals surface area (Å²) in [6.07, 6.45) is 1.53. The fourth-order valence-electron chi connectivity index (χ4n) is 2.34. The first-order valence-electron chi connectivity index (χ1n) is 6.74. The number of benzene rings is 1. The molecule has 1 saturated carbocycles. The molecule has 0 spiro atoms. The van der Waals surface area contributed by atoms with Crippen LogP contribution in [0.25, 0.3) is 0 Å². The van der Waals surface area contributed by atoms with Crippen LogP contribution in [0.3, 0.4) is 0 Å². The van der Waals surface area contributed by atoms with E-state index in [1.54, 1.807) is 7.11 Å². The van der Waals surface area contributed by atoms with E-state index >= 15 is 0 Å². The molecule has 1 fully saturated rings. The molecule has 1 aromatic rings. The number of methoxy groups -OCH3 is 2. The lowest BCUT2D eigenvalue weighted by Gasteiger charge is -2.13. The lowest BCUT2D eigenvalue weighted by molar-refractivity contribution is -0.143. The summed E-state index contributed by atoms with van der Waals surface area (Å²) in [5, 5.41) is 0. The van der Waals surface area contributed by atoms with Crippen LogP contribution >= 0.6 is 0 Å². The predicted molar refractivity (Wildman–Crippen MR) is 75.1 cm³/mol. The average molecular weight is 279 g/mol. The van der Waals surface area contributed by atoms with Gasteiger partial charge in [0.05, 0.1) is 20.8 Å². The maximum absolute atomic E-state index is 11.6. The van der Waals surface area contributed by atoms with Crippen LogP contribution in [0.4, 0.5) is 0 Å². The van der Waals surface area contributed by atoms with E-state index < -0.39 is 5.54 Å². The van der Waals surface area contributed by atoms with Gasteiger partial charge in [0.2, 0.25) is 0 Å². The van der Waals surface area contributed by atoms with E-state index in [-0.39, 0.29) is 11.9 Å². The highest BCUT2D eigenvalue weighted by Crippen LogP contribution is 2.51. The van der Waals surface area contributed by atoms with Crippen molar-refractivity contribution in [2.24, 2.45) is 5.73 Å². The van der Waals surface area contributed by atoms with E-state index in [9.17, 15) is 4.79 Å². The van der Waals surface area contributed by atoms with Crippen LogP contribution < -0.4 is 15.2 Å². The van der Waals surface area contributed by atoms with Crippen LogP contribution in [0.5, 0.6) is 11.5 Å². The fourth-order valence-corrected chi connectivity index (χ4v) is 2.34. The van der Waals surface area contributed by atoms with Gasteiger partial charge in [0.25, 0.3) is 0 Å². The molecule has 1 aliphatic rings. The second-order valence-electron chi connectivity index (χ2n) is 5.05. The van der Waals surface area contributed by atoms with Gasteiger partial charge in [-0.2, -0.15) is 0 Å². The number of rotatable bonds is 6. The van der Waals surface area contributed by atoms with Crippen LogP contribution in [0, 0.1) is 0 Å². The molecule has 2 rings (SSSR count). The van der Waals surface area contributed by atoms with Crippen LogP contribution in [-0.2, 0) is 9.53 Å². The van der Waals surface area contributed by atoms with Crippen LogP contribution in [0.2, 0.25) is 0 Å². The maximum Gasteiger partial charge on any atom is 0.326 e. The smallest absolute Gasteiger partial charge is 0.326 e. The summed E-state index contributed by atoms with van der Waals surface area (Å²) in [6, 6.07) is 5.67. The zero-order chi connectivity index (χ0) is 14.8. The van der Waals surface area contributed by atoms with Gasteiger partial charge in [0.15, 0.2) is 11.5 Å². The molecule has 20 heavy (non-hydrogen) atoms. The molecule has 0 heterocycles. The Morgan fingerprint density at radius 3 is 2.75 bits per heavy atom. The van der Waals surface area contributed by atoms with Crippen molar-refractivity contribution in [2.45, 2.75) is 31.2 Å². The SMILES string of the molecule is CCCOc1ccc(C2CC2(N)C(=O)OC)cc1OC. The second kappa shape index (κ2) is 5.71. The van der Waals surface area contributed by atoms with Crippen molar-refractivity contribution in [3.63, 3.8) is 0 Å². The molecule has 0 saturated heterocycles. The molecular weight excluding hydrogens is 258 g/mol. The number of hydrogen-bond donors (Lipinski definition) is 1. The fraction of sp³-hybridized carbons (Fsp3) is 0.533. The standard InChI is InChI=1S/C15H21NO4/c1-4-7-20-12-6-5-10(8-13(12)18-2)11-9-15(11,16)14(17)19-3/h5-6,8,11H,4,7,9,16H2,1-3H3. The Balaban J connectivity index is 2.17. The minimum atomic E-state index is -0.897. The molecule has 1 aromatic carbocycles. The third kappa shape index (κ3) is 2.58. The highest BCUT2D eigenvalue weighted by Gasteiger charge is 2.59. The third-order valence-corrected chi connectivity index (χ3v) is 3.62. The molecule has 5 heteroatoms. The maximum atomic E-state index is 11.6. The minimum absolute atomic E-state index is 0.0240. The monoisotopic (exact) mass is 279 g/mol. The molecular formula is C15H21NO4. The van der Waals surface area contributed by atoms with E-state index in [0.29, 0.717) is 24.5 Å². The van der Waals surface area contributed by atoms with Gasteiger partial charge >= 0.3 is 5.97 Å². The van der Waals surface area contributed by atoms with Crippen molar-refractivity contribution in [1.82, 2.24) is 0 Å². The first kappa shape index (κ1) is 14.7. The lowest BCUT2D eigenvalue weighted by Crippen LogP contribution is -2.35. The lowest BCUT2D eigenvalue weighted by atomic mass is 10.1. The van der Waals surface area contributed by atoms with E-state index in [2.05, 4.69) is 0 Å². The van der Waals surface area contributed by atoms with Crippen molar-refractivity contribution < 1.29 is 19.0 Å². The van der Waals surface area contributed by atoms with E-state index in [4.69, 9.17) is 19.9 Å². The molecule has 110 valence electrons. The molecule has 0 amide bonds. The topological polar surface area (TPSA) is 70.8 Å². The Hall–Kier alpha value is -1.75. The number of ether oxygens (including phenoxy) is 3. The molecule has 0 bridgehead atoms. The van der Waals surface area contributed by atoms with Gasteiger partial charge < -0.3 is 19.9 Å². The Labute approximate surface area is 119 Å². The van der Waals surface area contributed by atoms with Gasteiger partial charge in [-0.1, -0.05) is 13.0 Å². The quantitative estimate of drug-likeness (QED) is 0.805. The Morgan fingerprint density at radius 1 is 1.40 bits per heavy atom. The van der Waals surface area contributed by atoms with Gasteiger partial charge in [0.1, 0.15) is 5.54 Å². The van der Waals surface area contributed by atoms with E-state index in [0.717, 1.165) is 12.0 Å². The summed E-state index contributed by atoms with van der Waals surface area (Å²) in [5.41, 5.74) is 6.11. The normalized spacial score (nSPS) is 24.1. The molecule has 1 aliphatic carbocycles. The number of carbonyl (C=O) groups excluding carboxylic acids is 1. The van der Waals surface area contributed by atoms with Crippen LogP contribution in [0.1, 0.15) is 31.2 Å². The van der Waals surface area contributed by atoms with Crippen molar-refractivity contribution in [3.05, 3.63) is 23.8 Å². The summed E-state index contributed by atoms with van der Waals surface area (Å²) in [7, 11) is 2.95. The zero-order valence-electron chi connectivity index (χ0n) is 12.1. The van der Waals surface area contributed by atoms with Crippen molar-refractivity contribution >= 4 is 5.97 Å². The van der Waals surface area contributed by atoms with Gasteiger partial charge in [-0.25, -0.2) is 0 Å². The number of nitrogens with two attached hydrogens (primary N) is 1. The van der Waals surface area contributed by atoms with Gasteiger partial charge in [-0.15, -0.1) is 0 Å².